The van der Waals surface area contributed by atoms with Gasteiger partial charge in [-0.05, 0) is 65.2 Å². The van der Waals surface area contributed by atoms with E-state index in [2.05, 4.69) is 25.6 Å². The van der Waals surface area contributed by atoms with E-state index in [1.54, 1.807) is 37.3 Å². The highest BCUT2D eigenvalue weighted by Crippen LogP contribution is 2.28. The smallest absolute Gasteiger partial charge is 0.261 e. The van der Waals surface area contributed by atoms with Crippen LogP contribution in [0.15, 0.2) is 47.6 Å². The SMILES string of the molecule is Cc1c(NS(=O)(=O)c2ccc3c(c2)CCC(=O)N3)cccc1-n1cnnn1. The summed E-state index contributed by atoms with van der Waals surface area (Å²) in [5.41, 5.74) is 3.26. The summed E-state index contributed by atoms with van der Waals surface area (Å²) in [5.74, 6) is -0.0636. The highest BCUT2D eigenvalue weighted by atomic mass is 32.2. The van der Waals surface area contributed by atoms with Crippen LogP contribution in [0, 0.1) is 6.92 Å². The molecule has 2 aromatic carbocycles. The van der Waals surface area contributed by atoms with Gasteiger partial charge < -0.3 is 5.32 Å². The number of anilines is 2. The first-order valence-electron chi connectivity index (χ1n) is 8.22. The van der Waals surface area contributed by atoms with E-state index in [4.69, 9.17) is 0 Å². The molecule has 0 spiro atoms. The zero-order valence-corrected chi connectivity index (χ0v) is 15.2. The van der Waals surface area contributed by atoms with Crippen LogP contribution in [0.4, 0.5) is 11.4 Å². The van der Waals surface area contributed by atoms with Gasteiger partial charge in [-0.25, -0.2) is 13.1 Å². The summed E-state index contributed by atoms with van der Waals surface area (Å²) in [6.45, 7) is 1.79. The van der Waals surface area contributed by atoms with Gasteiger partial charge in [-0.3, -0.25) is 9.52 Å². The van der Waals surface area contributed by atoms with Crippen molar-refractivity contribution in [2.45, 2.75) is 24.7 Å². The lowest BCUT2D eigenvalue weighted by atomic mass is 10.0. The number of sulfonamides is 1. The Morgan fingerprint density at radius 1 is 1.19 bits per heavy atom. The summed E-state index contributed by atoms with van der Waals surface area (Å²) < 4.78 is 29.8. The van der Waals surface area contributed by atoms with Crippen LogP contribution in [0.25, 0.3) is 5.69 Å². The predicted molar refractivity (Wildman–Crippen MR) is 98.1 cm³/mol. The fourth-order valence-electron chi connectivity index (χ4n) is 2.98. The van der Waals surface area contributed by atoms with Crippen LogP contribution in [-0.4, -0.2) is 34.5 Å². The molecule has 2 heterocycles. The van der Waals surface area contributed by atoms with Gasteiger partial charge in [-0.2, -0.15) is 0 Å². The van der Waals surface area contributed by atoms with Gasteiger partial charge in [0, 0.05) is 12.1 Å². The topological polar surface area (TPSA) is 119 Å². The molecule has 9 nitrogen and oxygen atoms in total. The molecule has 0 bridgehead atoms. The Kier molecular flexibility index (Phi) is 4.11. The third kappa shape index (κ3) is 3.26. The van der Waals surface area contributed by atoms with Crippen LogP contribution in [0.5, 0.6) is 0 Å². The molecule has 1 aromatic heterocycles. The van der Waals surface area contributed by atoms with E-state index < -0.39 is 10.0 Å². The molecule has 0 saturated heterocycles. The van der Waals surface area contributed by atoms with Gasteiger partial charge in [0.1, 0.15) is 6.33 Å². The number of rotatable bonds is 4. The summed E-state index contributed by atoms with van der Waals surface area (Å²) in [6, 6.07) is 9.89. The number of benzene rings is 2. The maximum Gasteiger partial charge on any atom is 0.261 e. The predicted octanol–water partition coefficient (Wildman–Crippen LogP) is 1.66. The summed E-state index contributed by atoms with van der Waals surface area (Å²) in [6.07, 6.45) is 2.30. The van der Waals surface area contributed by atoms with Gasteiger partial charge >= 0.3 is 0 Å². The Balaban J connectivity index is 1.67. The summed E-state index contributed by atoms with van der Waals surface area (Å²) in [7, 11) is -3.79. The van der Waals surface area contributed by atoms with Gasteiger partial charge in [0.25, 0.3) is 10.0 Å². The average molecular weight is 384 g/mol. The standard InChI is InChI=1S/C17H16N6O3S/c1-11-14(3-2-4-16(11)23-10-18-21-22-23)20-27(25,26)13-6-7-15-12(9-13)5-8-17(24)19-15/h2-4,6-7,9-10,20H,5,8H2,1H3,(H,19,24). The van der Waals surface area contributed by atoms with Crippen molar-refractivity contribution >= 4 is 27.3 Å². The van der Waals surface area contributed by atoms with E-state index in [0.29, 0.717) is 35.5 Å². The average Bonchev–Trinajstić information content (AvgIpc) is 3.17. The third-order valence-electron chi connectivity index (χ3n) is 4.43. The lowest BCUT2D eigenvalue weighted by Gasteiger charge is -2.18. The lowest BCUT2D eigenvalue weighted by molar-refractivity contribution is -0.116. The number of aryl methyl sites for hydroxylation is 1. The minimum Gasteiger partial charge on any atom is -0.326 e. The fourth-order valence-corrected chi connectivity index (χ4v) is 4.16. The first-order chi connectivity index (χ1) is 12.9. The van der Waals surface area contributed by atoms with Crippen molar-refractivity contribution in [2.24, 2.45) is 0 Å². The zero-order chi connectivity index (χ0) is 19.0. The number of aromatic nitrogens is 4. The number of amides is 1. The van der Waals surface area contributed by atoms with Crippen LogP contribution >= 0.6 is 0 Å². The number of fused-ring (bicyclic) bond motifs is 1. The van der Waals surface area contributed by atoms with Gasteiger partial charge in [0.2, 0.25) is 5.91 Å². The molecular formula is C17H16N6O3S. The molecule has 0 saturated carbocycles. The van der Waals surface area contributed by atoms with Crippen LogP contribution < -0.4 is 10.0 Å². The highest BCUT2D eigenvalue weighted by Gasteiger charge is 2.21. The Hall–Kier alpha value is -3.27. The molecule has 10 heteroatoms. The second kappa shape index (κ2) is 6.47. The second-order valence-corrected chi connectivity index (χ2v) is 7.86. The van der Waals surface area contributed by atoms with Crippen LogP contribution in [0.1, 0.15) is 17.5 Å². The molecule has 0 unspecified atom stereocenters. The maximum atomic E-state index is 12.9. The molecule has 0 atom stereocenters. The number of hydrogen-bond donors (Lipinski definition) is 2. The van der Waals surface area contributed by atoms with Crippen molar-refractivity contribution in [1.82, 2.24) is 20.2 Å². The summed E-state index contributed by atoms with van der Waals surface area (Å²) in [4.78, 5) is 11.6. The van der Waals surface area contributed by atoms with Gasteiger partial charge in [-0.1, -0.05) is 6.07 Å². The largest absolute Gasteiger partial charge is 0.326 e. The molecule has 138 valence electrons. The number of hydrogen-bond acceptors (Lipinski definition) is 6. The van der Waals surface area contributed by atoms with E-state index in [0.717, 1.165) is 5.56 Å². The molecular weight excluding hydrogens is 368 g/mol. The highest BCUT2D eigenvalue weighted by molar-refractivity contribution is 7.92. The lowest BCUT2D eigenvalue weighted by Crippen LogP contribution is -2.20. The van der Waals surface area contributed by atoms with E-state index in [1.165, 1.54) is 17.1 Å². The number of nitrogens with zero attached hydrogens (tertiary/aromatic N) is 4. The van der Waals surface area contributed by atoms with Crippen molar-refractivity contribution in [2.75, 3.05) is 10.0 Å². The van der Waals surface area contributed by atoms with Crippen molar-refractivity contribution in [3.63, 3.8) is 0 Å². The third-order valence-corrected chi connectivity index (χ3v) is 5.79. The summed E-state index contributed by atoms with van der Waals surface area (Å²) in [5, 5.41) is 13.8. The van der Waals surface area contributed by atoms with Gasteiger partial charge in [-0.15, -0.1) is 5.10 Å². The van der Waals surface area contributed by atoms with Crippen LogP contribution in [0.3, 0.4) is 0 Å². The van der Waals surface area contributed by atoms with E-state index in [1.807, 2.05) is 0 Å². The zero-order valence-electron chi connectivity index (χ0n) is 14.4. The molecule has 27 heavy (non-hydrogen) atoms. The normalized spacial score (nSPS) is 13.7. The van der Waals surface area contributed by atoms with E-state index in [-0.39, 0.29) is 10.8 Å². The minimum atomic E-state index is -3.79. The molecule has 0 radical (unpaired) electrons. The van der Waals surface area contributed by atoms with Crippen LogP contribution in [-0.2, 0) is 21.2 Å². The Labute approximate surface area is 155 Å². The van der Waals surface area contributed by atoms with Crippen molar-refractivity contribution in [1.29, 1.82) is 0 Å². The van der Waals surface area contributed by atoms with Crippen LogP contribution in [0.2, 0.25) is 0 Å². The van der Waals surface area contributed by atoms with E-state index in [9.17, 15) is 13.2 Å². The first-order valence-corrected chi connectivity index (χ1v) is 9.71. The number of tetrazole rings is 1. The summed E-state index contributed by atoms with van der Waals surface area (Å²) >= 11 is 0. The Morgan fingerprint density at radius 3 is 2.81 bits per heavy atom. The number of carbonyl (C=O) groups is 1. The molecule has 1 aliphatic rings. The van der Waals surface area contributed by atoms with E-state index >= 15 is 0 Å². The number of nitrogens with one attached hydrogen (secondary N) is 2. The first kappa shape index (κ1) is 17.2. The molecule has 1 amide bonds. The molecule has 2 N–H and O–H groups in total. The Bertz CT molecular complexity index is 1130. The van der Waals surface area contributed by atoms with Crippen molar-refractivity contribution in [3.05, 3.63) is 53.9 Å². The second-order valence-electron chi connectivity index (χ2n) is 6.18. The Morgan fingerprint density at radius 2 is 2.04 bits per heavy atom. The molecule has 4 rings (SSSR count). The molecule has 0 aliphatic carbocycles. The maximum absolute atomic E-state index is 12.9. The van der Waals surface area contributed by atoms with Crippen molar-refractivity contribution < 1.29 is 13.2 Å². The van der Waals surface area contributed by atoms with Gasteiger partial charge in [0.05, 0.1) is 16.3 Å². The van der Waals surface area contributed by atoms with Gasteiger partial charge in [0.15, 0.2) is 0 Å². The minimum absolute atomic E-state index is 0.0636. The molecule has 0 fully saturated rings. The quantitative estimate of drug-likeness (QED) is 0.706. The fraction of sp³-hybridized carbons (Fsp3) is 0.176. The molecule has 3 aromatic rings. The number of carbonyl (C=O) groups excluding carboxylic acids is 1. The van der Waals surface area contributed by atoms with Crippen molar-refractivity contribution in [3.8, 4) is 5.69 Å². The monoisotopic (exact) mass is 384 g/mol. The molecule has 1 aliphatic heterocycles.